The van der Waals surface area contributed by atoms with E-state index in [0.717, 1.165) is 11.3 Å². The zero-order chi connectivity index (χ0) is 18.1. The fraction of sp³-hybridized carbons (Fsp3) is 0.550. The highest BCUT2D eigenvalue weighted by molar-refractivity contribution is 5.79. The van der Waals surface area contributed by atoms with E-state index in [-0.39, 0.29) is 23.2 Å². The molecule has 0 aliphatic carbocycles. The number of carbonyl (C=O) groups is 1. The smallest absolute Gasteiger partial charge is 0.321 e. The number of methoxy groups -OCH3 is 1. The molecule has 1 atom stereocenters. The van der Waals surface area contributed by atoms with Crippen LogP contribution >= 0.6 is 0 Å². The number of ether oxygens (including phenoxy) is 1. The van der Waals surface area contributed by atoms with Crippen molar-refractivity contribution in [3.63, 3.8) is 0 Å². The molecule has 24 heavy (non-hydrogen) atoms. The molecular formula is C20H30N2O2. The average Bonchev–Trinajstić information content (AvgIpc) is 2.82. The van der Waals surface area contributed by atoms with Gasteiger partial charge < -0.3 is 14.5 Å². The SMILES string of the molecule is COc1ccc(/C=C/[C@H]2CN(C(C)(C)C)C(=O)N2C(C)(C)C)cc1. The van der Waals surface area contributed by atoms with Gasteiger partial charge in [0.1, 0.15) is 5.75 Å². The molecule has 4 nitrogen and oxygen atoms in total. The third-order valence-electron chi connectivity index (χ3n) is 4.30. The molecule has 2 amide bonds. The first kappa shape index (κ1) is 18.4. The first-order valence-corrected chi connectivity index (χ1v) is 8.47. The van der Waals surface area contributed by atoms with Gasteiger partial charge in [0, 0.05) is 17.6 Å². The maximum absolute atomic E-state index is 12.9. The summed E-state index contributed by atoms with van der Waals surface area (Å²) in [4.78, 5) is 16.8. The lowest BCUT2D eigenvalue weighted by atomic mass is 10.0. The van der Waals surface area contributed by atoms with Crippen LogP contribution in [0.1, 0.15) is 47.1 Å². The zero-order valence-electron chi connectivity index (χ0n) is 16.0. The van der Waals surface area contributed by atoms with E-state index >= 15 is 0 Å². The molecule has 0 saturated carbocycles. The van der Waals surface area contributed by atoms with E-state index < -0.39 is 0 Å². The standard InChI is InChI=1S/C20H30N2O2/c1-19(2,3)21-14-16(22(18(21)23)20(4,5)6)11-8-15-9-12-17(24-7)13-10-15/h8-13,16H,14H2,1-7H3/b11-8+/t16-/m0/s1. The van der Waals surface area contributed by atoms with Crippen LogP contribution in [0.5, 0.6) is 5.75 Å². The van der Waals surface area contributed by atoms with E-state index in [2.05, 4.69) is 53.7 Å². The Morgan fingerprint density at radius 1 is 1.04 bits per heavy atom. The number of hydrogen-bond acceptors (Lipinski definition) is 2. The Morgan fingerprint density at radius 3 is 2.08 bits per heavy atom. The molecule has 1 heterocycles. The molecule has 0 N–H and O–H groups in total. The van der Waals surface area contributed by atoms with Crippen molar-refractivity contribution in [1.82, 2.24) is 9.80 Å². The second-order valence-corrected chi connectivity index (χ2v) is 8.30. The molecule has 132 valence electrons. The van der Waals surface area contributed by atoms with E-state index in [1.165, 1.54) is 0 Å². The molecule has 1 aliphatic heterocycles. The van der Waals surface area contributed by atoms with Gasteiger partial charge in [0.15, 0.2) is 0 Å². The minimum Gasteiger partial charge on any atom is -0.497 e. The minimum absolute atomic E-state index is 0.0684. The summed E-state index contributed by atoms with van der Waals surface area (Å²) in [6, 6.07) is 8.12. The Labute approximate surface area is 146 Å². The summed E-state index contributed by atoms with van der Waals surface area (Å²) in [5.41, 5.74) is 0.710. The molecule has 1 aromatic rings. The Balaban J connectivity index is 2.25. The molecule has 0 spiro atoms. The third kappa shape index (κ3) is 3.92. The largest absolute Gasteiger partial charge is 0.497 e. The summed E-state index contributed by atoms with van der Waals surface area (Å²) in [7, 11) is 1.66. The Kier molecular flexibility index (Phi) is 4.97. The summed E-state index contributed by atoms with van der Waals surface area (Å²) in [5, 5.41) is 0. The van der Waals surface area contributed by atoms with Crippen molar-refractivity contribution in [2.45, 2.75) is 58.7 Å². The van der Waals surface area contributed by atoms with Gasteiger partial charge >= 0.3 is 6.03 Å². The summed E-state index contributed by atoms with van der Waals surface area (Å²) in [5.74, 6) is 0.846. The molecule has 2 rings (SSSR count). The van der Waals surface area contributed by atoms with E-state index in [1.807, 2.05) is 34.1 Å². The molecule has 1 aromatic carbocycles. The summed E-state index contributed by atoms with van der Waals surface area (Å²) >= 11 is 0. The normalized spacial score (nSPS) is 19.5. The number of carbonyl (C=O) groups excluding carboxylic acids is 1. The fourth-order valence-corrected chi connectivity index (χ4v) is 3.05. The number of hydrogen-bond donors (Lipinski definition) is 0. The van der Waals surface area contributed by atoms with Crippen LogP contribution in [0.4, 0.5) is 4.79 Å². The van der Waals surface area contributed by atoms with Crippen molar-refractivity contribution in [1.29, 1.82) is 0 Å². The Bertz CT molecular complexity index is 606. The molecular weight excluding hydrogens is 300 g/mol. The molecule has 1 saturated heterocycles. The summed E-state index contributed by atoms with van der Waals surface area (Å²) in [6.45, 7) is 13.2. The predicted molar refractivity (Wildman–Crippen MR) is 99.3 cm³/mol. The monoisotopic (exact) mass is 330 g/mol. The minimum atomic E-state index is -0.216. The van der Waals surface area contributed by atoms with Crippen LogP contribution in [0.25, 0.3) is 6.08 Å². The van der Waals surface area contributed by atoms with Gasteiger partial charge in [-0.25, -0.2) is 4.79 Å². The number of amides is 2. The molecule has 0 aromatic heterocycles. The van der Waals surface area contributed by atoms with Gasteiger partial charge in [-0.15, -0.1) is 0 Å². The van der Waals surface area contributed by atoms with Crippen molar-refractivity contribution in [2.75, 3.05) is 13.7 Å². The highest BCUT2D eigenvalue weighted by Gasteiger charge is 2.45. The van der Waals surface area contributed by atoms with Crippen LogP contribution in [0.15, 0.2) is 30.3 Å². The summed E-state index contributed by atoms with van der Waals surface area (Å²) in [6.07, 6.45) is 4.22. The van der Waals surface area contributed by atoms with Crippen LogP contribution in [-0.4, -0.2) is 46.6 Å². The van der Waals surface area contributed by atoms with E-state index in [1.54, 1.807) is 7.11 Å². The van der Waals surface area contributed by atoms with Crippen LogP contribution in [0.3, 0.4) is 0 Å². The maximum atomic E-state index is 12.9. The first-order valence-electron chi connectivity index (χ1n) is 8.47. The molecule has 0 bridgehead atoms. The van der Waals surface area contributed by atoms with Gasteiger partial charge in [-0.3, -0.25) is 0 Å². The Morgan fingerprint density at radius 2 is 1.62 bits per heavy atom. The lowest BCUT2D eigenvalue weighted by Crippen LogP contribution is -2.50. The van der Waals surface area contributed by atoms with Crippen LogP contribution < -0.4 is 4.74 Å². The van der Waals surface area contributed by atoms with Gasteiger partial charge in [-0.2, -0.15) is 0 Å². The lowest BCUT2D eigenvalue weighted by Gasteiger charge is -2.36. The quantitative estimate of drug-likeness (QED) is 0.822. The van der Waals surface area contributed by atoms with Gasteiger partial charge in [0.2, 0.25) is 0 Å². The summed E-state index contributed by atoms with van der Waals surface area (Å²) < 4.78 is 5.19. The third-order valence-corrected chi connectivity index (χ3v) is 4.30. The highest BCUT2D eigenvalue weighted by Crippen LogP contribution is 2.31. The lowest BCUT2D eigenvalue weighted by molar-refractivity contribution is 0.129. The van der Waals surface area contributed by atoms with E-state index in [9.17, 15) is 4.79 Å². The number of nitrogens with zero attached hydrogens (tertiary/aromatic N) is 2. The van der Waals surface area contributed by atoms with E-state index in [4.69, 9.17) is 4.74 Å². The van der Waals surface area contributed by atoms with E-state index in [0.29, 0.717) is 6.54 Å². The topological polar surface area (TPSA) is 32.8 Å². The maximum Gasteiger partial charge on any atom is 0.321 e. The number of rotatable bonds is 3. The van der Waals surface area contributed by atoms with Crippen molar-refractivity contribution in [3.8, 4) is 5.75 Å². The second kappa shape index (κ2) is 6.50. The van der Waals surface area contributed by atoms with Crippen LogP contribution in [-0.2, 0) is 0 Å². The highest BCUT2D eigenvalue weighted by atomic mass is 16.5. The van der Waals surface area contributed by atoms with Gasteiger partial charge in [0.05, 0.1) is 13.2 Å². The number of benzene rings is 1. The van der Waals surface area contributed by atoms with Gasteiger partial charge in [-0.05, 0) is 59.2 Å². The van der Waals surface area contributed by atoms with Crippen molar-refractivity contribution in [2.24, 2.45) is 0 Å². The molecule has 4 heteroatoms. The van der Waals surface area contributed by atoms with Crippen LogP contribution in [0, 0.1) is 0 Å². The van der Waals surface area contributed by atoms with Crippen molar-refractivity contribution in [3.05, 3.63) is 35.9 Å². The Hall–Kier alpha value is -1.97. The van der Waals surface area contributed by atoms with Gasteiger partial charge in [-0.1, -0.05) is 24.3 Å². The van der Waals surface area contributed by atoms with Crippen LogP contribution in [0.2, 0.25) is 0 Å². The first-order chi connectivity index (χ1) is 11.0. The van der Waals surface area contributed by atoms with Crippen molar-refractivity contribution < 1.29 is 9.53 Å². The fourth-order valence-electron chi connectivity index (χ4n) is 3.05. The predicted octanol–water partition coefficient (Wildman–Crippen LogP) is 4.41. The zero-order valence-corrected chi connectivity index (χ0v) is 16.0. The molecule has 1 aliphatic rings. The van der Waals surface area contributed by atoms with Gasteiger partial charge in [0.25, 0.3) is 0 Å². The second-order valence-electron chi connectivity index (χ2n) is 8.30. The molecule has 0 unspecified atom stereocenters. The molecule has 1 fully saturated rings. The van der Waals surface area contributed by atoms with Crippen molar-refractivity contribution >= 4 is 12.1 Å². The molecule has 0 radical (unpaired) electrons. The number of urea groups is 1. The average molecular weight is 330 g/mol.